The summed E-state index contributed by atoms with van der Waals surface area (Å²) in [5, 5.41) is 52.4. The van der Waals surface area contributed by atoms with E-state index in [9.17, 15) is 56.4 Å². The number of amides is 2. The van der Waals surface area contributed by atoms with Crippen molar-refractivity contribution in [3.63, 3.8) is 0 Å². The first kappa shape index (κ1) is 68.1. The first-order valence-electron chi connectivity index (χ1n) is 25.8. The molecule has 0 spiro atoms. The molecule has 458 valence electrons. The van der Waals surface area contributed by atoms with Gasteiger partial charge in [-0.1, -0.05) is 0 Å². The van der Waals surface area contributed by atoms with E-state index in [2.05, 4.69) is 41.2 Å². The summed E-state index contributed by atoms with van der Waals surface area (Å²) < 4.78 is 143. The van der Waals surface area contributed by atoms with Crippen molar-refractivity contribution in [2.24, 2.45) is 5.73 Å². The summed E-state index contributed by atoms with van der Waals surface area (Å²) in [4.78, 5) is 38.4. The van der Waals surface area contributed by atoms with Gasteiger partial charge in [-0.05, 0) is 12.1 Å². The number of aliphatic hydroxyl groups is 4. The molecule has 2 aliphatic rings. The second-order valence-electron chi connectivity index (χ2n) is 17.7. The lowest BCUT2D eigenvalue weighted by Crippen LogP contribution is -2.57. The Kier molecular flexibility index (Phi) is 32.7. The van der Waals surface area contributed by atoms with Crippen LogP contribution in [0.2, 0.25) is 0 Å². The largest absolute Gasteiger partial charge is 0.433 e. The zero-order valence-corrected chi connectivity index (χ0v) is 44.0. The van der Waals surface area contributed by atoms with E-state index >= 15 is 0 Å². The number of carbonyl (C=O) groups is 2. The average Bonchev–Trinajstić information content (AvgIpc) is 3.42. The van der Waals surface area contributed by atoms with Crippen molar-refractivity contribution in [3.8, 4) is 0 Å². The molecule has 33 heteroatoms. The van der Waals surface area contributed by atoms with Gasteiger partial charge in [-0.3, -0.25) is 9.59 Å². The van der Waals surface area contributed by atoms with Crippen LogP contribution in [0.1, 0.15) is 24.2 Å². The maximum Gasteiger partial charge on any atom is 0.433 e. The number of alkyl halides is 6. The summed E-state index contributed by atoms with van der Waals surface area (Å²) in [6.07, 6.45) is -14.5. The van der Waals surface area contributed by atoms with Gasteiger partial charge >= 0.3 is 12.4 Å². The molecule has 80 heavy (non-hydrogen) atoms. The van der Waals surface area contributed by atoms with Gasteiger partial charge in [0.05, 0.1) is 163 Å². The van der Waals surface area contributed by atoms with Crippen LogP contribution in [0.4, 0.5) is 38.2 Å². The number of aromatic nitrogens is 4. The zero-order valence-electron chi connectivity index (χ0n) is 44.0. The van der Waals surface area contributed by atoms with Crippen LogP contribution in [0.25, 0.3) is 0 Å². The van der Waals surface area contributed by atoms with Crippen molar-refractivity contribution in [3.05, 3.63) is 35.9 Å². The highest BCUT2D eigenvalue weighted by molar-refractivity contribution is 5.76. The lowest BCUT2D eigenvalue weighted by molar-refractivity contribution is -0.161. The minimum Gasteiger partial charge on any atom is -0.388 e. The van der Waals surface area contributed by atoms with E-state index in [-0.39, 0.29) is 142 Å². The molecular formula is C47H75F6N9O18. The number of rotatable bonds is 42. The SMILES string of the molecule is NC(COCCC(=O)NCCOCCOCCOCCOC[C@H]1OCC(Nc2nccc(C(F)(F)F)n2)[C@@H](O)[C@H]1O)COCCC(=O)NCCOCCOCCOCCOC[C@H]1OCC(Nc2nccc(C(F)(F)F)n2)[C@@H](O)[C@H]1O. The highest BCUT2D eigenvalue weighted by Crippen LogP contribution is 2.29. The Morgan fingerprint density at radius 1 is 0.525 bits per heavy atom. The summed E-state index contributed by atoms with van der Waals surface area (Å²) in [6.45, 7) is 4.48. The van der Waals surface area contributed by atoms with Crippen molar-refractivity contribution in [1.29, 1.82) is 0 Å². The number of halogens is 6. The summed E-state index contributed by atoms with van der Waals surface area (Å²) in [5.41, 5.74) is 3.69. The van der Waals surface area contributed by atoms with E-state index in [0.717, 1.165) is 12.4 Å². The number of nitrogens with one attached hydrogen (secondary N) is 4. The summed E-state index contributed by atoms with van der Waals surface area (Å²) in [7, 11) is 0. The molecule has 0 bridgehead atoms. The smallest absolute Gasteiger partial charge is 0.388 e. The molecule has 2 aliphatic heterocycles. The molecule has 2 amide bonds. The second kappa shape index (κ2) is 38.4. The van der Waals surface area contributed by atoms with Crippen LogP contribution in [0, 0.1) is 0 Å². The normalized spacial score (nSPS) is 22.0. The minimum atomic E-state index is -4.67. The maximum absolute atomic E-state index is 12.9. The van der Waals surface area contributed by atoms with Gasteiger partial charge in [0.25, 0.3) is 0 Å². The average molecular weight is 1170 g/mol. The summed E-state index contributed by atoms with van der Waals surface area (Å²) >= 11 is 0. The number of hydrogen-bond acceptors (Lipinski definition) is 25. The first-order chi connectivity index (χ1) is 38.4. The topological polar surface area (TPSA) is 352 Å². The number of ether oxygens (including phenoxy) is 12. The second-order valence-corrected chi connectivity index (χ2v) is 17.7. The van der Waals surface area contributed by atoms with E-state index in [4.69, 9.17) is 62.6 Å². The number of carbonyl (C=O) groups excluding carboxylic acids is 2. The van der Waals surface area contributed by atoms with Crippen LogP contribution >= 0.6 is 0 Å². The Morgan fingerprint density at radius 2 is 0.863 bits per heavy atom. The molecule has 0 saturated carbocycles. The van der Waals surface area contributed by atoms with Crippen molar-refractivity contribution in [2.45, 2.75) is 79.9 Å². The molecule has 2 fully saturated rings. The molecule has 0 radical (unpaired) electrons. The standard InChI is InChI=1S/C47H75F6N9O18/c48-46(49,50)36-1-5-57-44(61-36)59-32-27-79-34(42(67)40(32)65)29-77-23-21-73-19-17-71-15-13-69-11-7-55-38(63)3-9-75-25-31(54)26-76-10-4-39(64)56-8-12-70-14-16-72-18-20-74-22-24-78-30-35-43(68)41(66)33(28-80-35)60-45-58-6-2-37(62-45)47(51,52)53/h1-2,5-6,31-35,40-43,65-68H,3-4,7-30,54H2,(H,55,63)(H,56,64)(H,57,59,61)(H,58,60,62)/t31?,32?,33?,34-,35-,40-,41-,42+,43+/m1/s1. The molecular weight excluding hydrogens is 1090 g/mol. The van der Waals surface area contributed by atoms with Gasteiger partial charge in [0, 0.05) is 38.3 Å². The van der Waals surface area contributed by atoms with Crippen LogP contribution < -0.4 is 27.0 Å². The molecule has 0 aliphatic carbocycles. The van der Waals surface area contributed by atoms with Gasteiger partial charge in [0.15, 0.2) is 0 Å². The maximum atomic E-state index is 12.9. The molecule has 2 aromatic rings. The lowest BCUT2D eigenvalue weighted by Gasteiger charge is -2.37. The van der Waals surface area contributed by atoms with E-state index in [0.29, 0.717) is 64.9 Å². The lowest BCUT2D eigenvalue weighted by atomic mass is 9.98. The fourth-order valence-electron chi connectivity index (χ4n) is 7.08. The van der Waals surface area contributed by atoms with Crippen molar-refractivity contribution in [1.82, 2.24) is 30.6 Å². The van der Waals surface area contributed by atoms with Crippen molar-refractivity contribution in [2.75, 3.05) is 169 Å². The van der Waals surface area contributed by atoms with Gasteiger partial charge < -0.3 is 104 Å². The Labute approximate surface area is 457 Å². The molecule has 2 saturated heterocycles. The molecule has 2 unspecified atom stereocenters. The number of hydrogen-bond donors (Lipinski definition) is 9. The molecule has 4 heterocycles. The molecule has 8 atom stereocenters. The van der Waals surface area contributed by atoms with Gasteiger partial charge in [0.2, 0.25) is 23.7 Å². The van der Waals surface area contributed by atoms with Gasteiger partial charge in [-0.25, -0.2) is 19.9 Å². The predicted molar refractivity (Wildman–Crippen MR) is 264 cm³/mol. The number of aliphatic hydroxyl groups excluding tert-OH is 4. The Balaban J connectivity index is 0.819. The Hall–Kier alpha value is -4.40. The van der Waals surface area contributed by atoms with Crippen molar-refractivity contribution >= 4 is 23.7 Å². The van der Waals surface area contributed by atoms with E-state index in [1.807, 2.05) is 0 Å². The monoisotopic (exact) mass is 1170 g/mol. The molecule has 10 N–H and O–H groups in total. The summed E-state index contributed by atoms with van der Waals surface area (Å²) in [6, 6.07) is -0.932. The molecule has 2 aromatic heterocycles. The minimum absolute atomic E-state index is 0.0604. The molecule has 27 nitrogen and oxygen atoms in total. The molecule has 0 aromatic carbocycles. The predicted octanol–water partition coefficient (Wildman–Crippen LogP) is -1.69. The number of nitrogens with two attached hydrogens (primary N) is 1. The van der Waals surface area contributed by atoms with Crippen LogP contribution in [-0.2, 0) is 78.8 Å². The zero-order chi connectivity index (χ0) is 58.0. The third kappa shape index (κ3) is 28.1. The van der Waals surface area contributed by atoms with E-state index in [1.54, 1.807) is 0 Å². The van der Waals surface area contributed by atoms with Crippen LogP contribution in [0.5, 0.6) is 0 Å². The van der Waals surface area contributed by atoms with Crippen LogP contribution in [0.3, 0.4) is 0 Å². The van der Waals surface area contributed by atoms with Crippen molar-refractivity contribution < 1.29 is 113 Å². The molecule has 4 rings (SSSR count). The third-order valence-corrected chi connectivity index (χ3v) is 11.3. The Morgan fingerprint density at radius 3 is 1.21 bits per heavy atom. The Bertz CT molecular complexity index is 1870. The highest BCUT2D eigenvalue weighted by atomic mass is 19.4. The van der Waals surface area contributed by atoms with E-state index in [1.165, 1.54) is 0 Å². The van der Waals surface area contributed by atoms with Gasteiger partial charge in [-0.2, -0.15) is 26.3 Å². The van der Waals surface area contributed by atoms with E-state index < -0.39 is 78.5 Å². The first-order valence-corrected chi connectivity index (χ1v) is 25.8. The quantitative estimate of drug-likeness (QED) is 0.0265. The van der Waals surface area contributed by atoms with Gasteiger partial charge in [-0.15, -0.1) is 0 Å². The van der Waals surface area contributed by atoms with Crippen LogP contribution in [0.15, 0.2) is 24.5 Å². The highest BCUT2D eigenvalue weighted by Gasteiger charge is 2.41. The van der Waals surface area contributed by atoms with Crippen LogP contribution in [-0.4, -0.2) is 265 Å². The number of anilines is 2. The third-order valence-electron chi connectivity index (χ3n) is 11.3. The fraction of sp³-hybridized carbons (Fsp3) is 0.787. The number of nitrogens with zero attached hydrogens (tertiary/aromatic N) is 4. The van der Waals surface area contributed by atoms with Gasteiger partial charge in [0.1, 0.15) is 48.0 Å². The fourth-order valence-corrected chi connectivity index (χ4v) is 7.08. The summed E-state index contributed by atoms with van der Waals surface area (Å²) in [5.74, 6) is -1.17.